The van der Waals surface area contributed by atoms with E-state index in [1.807, 2.05) is 36.4 Å². The first kappa shape index (κ1) is 24.1. The predicted molar refractivity (Wildman–Crippen MR) is 126 cm³/mol. The number of carbonyl (C=O) groups is 1. The van der Waals surface area contributed by atoms with Crippen molar-refractivity contribution in [1.29, 1.82) is 0 Å². The maximum absolute atomic E-state index is 12.6. The molecule has 0 spiro atoms. The fourth-order valence-corrected chi connectivity index (χ4v) is 4.55. The summed E-state index contributed by atoms with van der Waals surface area (Å²) in [5.74, 6) is 0.0166. The van der Waals surface area contributed by atoms with Gasteiger partial charge in [0.05, 0.1) is 12.3 Å². The molecule has 32 heavy (non-hydrogen) atoms. The first-order valence-electron chi connectivity index (χ1n) is 11.0. The van der Waals surface area contributed by atoms with Gasteiger partial charge in [-0.2, -0.15) is 12.7 Å². The highest BCUT2D eigenvalue weighted by Gasteiger charge is 2.22. The highest BCUT2D eigenvalue weighted by molar-refractivity contribution is 7.90. The number of hydrogen-bond acceptors (Lipinski definition) is 4. The van der Waals surface area contributed by atoms with E-state index in [0.29, 0.717) is 24.0 Å². The number of carboxylic acids is 1. The Kier molecular flexibility index (Phi) is 8.15. The lowest BCUT2D eigenvalue weighted by Gasteiger charge is -2.25. The Morgan fingerprint density at radius 1 is 1.12 bits per heavy atom. The molecule has 0 amide bonds. The summed E-state index contributed by atoms with van der Waals surface area (Å²) in [6.07, 6.45) is 6.08. The molecule has 0 saturated heterocycles. The quantitative estimate of drug-likeness (QED) is 0.542. The normalized spacial score (nSPS) is 15.0. The molecular formula is C24H32N2O5S. The van der Waals surface area contributed by atoms with Gasteiger partial charge in [-0.25, -0.2) is 0 Å². The minimum absolute atomic E-state index is 0.0453. The Hall–Kier alpha value is -2.58. The van der Waals surface area contributed by atoms with Crippen LogP contribution in [0.3, 0.4) is 0 Å². The molecule has 174 valence electrons. The second kappa shape index (κ2) is 10.8. The van der Waals surface area contributed by atoms with Crippen LogP contribution in [0.5, 0.6) is 5.75 Å². The van der Waals surface area contributed by atoms with Crippen LogP contribution in [-0.4, -0.2) is 44.5 Å². The fraction of sp³-hybridized carbons (Fsp3) is 0.458. The van der Waals surface area contributed by atoms with Gasteiger partial charge in [0.15, 0.2) is 5.75 Å². The molecular weight excluding hydrogens is 428 g/mol. The van der Waals surface area contributed by atoms with Crippen molar-refractivity contribution in [2.24, 2.45) is 5.92 Å². The number of rotatable bonds is 10. The van der Waals surface area contributed by atoms with Crippen LogP contribution >= 0.6 is 0 Å². The molecule has 1 aliphatic carbocycles. The Morgan fingerprint density at radius 2 is 1.81 bits per heavy atom. The van der Waals surface area contributed by atoms with E-state index in [1.165, 1.54) is 33.4 Å². The zero-order valence-corrected chi connectivity index (χ0v) is 19.5. The molecule has 7 nitrogen and oxygen atoms in total. The maximum atomic E-state index is 12.6. The molecule has 2 aromatic rings. The van der Waals surface area contributed by atoms with Gasteiger partial charge in [0, 0.05) is 26.1 Å². The smallest absolute Gasteiger partial charge is 0.303 e. The molecule has 2 N–H and O–H groups in total. The fourth-order valence-electron chi connectivity index (χ4n) is 3.93. The second-order valence-electron chi connectivity index (χ2n) is 8.48. The number of ether oxygens (including phenoxy) is 1. The van der Waals surface area contributed by atoms with E-state index in [4.69, 9.17) is 9.84 Å². The summed E-state index contributed by atoms with van der Waals surface area (Å²) in [7, 11) is -0.866. The monoisotopic (exact) mass is 460 g/mol. The van der Waals surface area contributed by atoms with Gasteiger partial charge in [-0.05, 0) is 48.4 Å². The van der Waals surface area contributed by atoms with E-state index < -0.39 is 16.2 Å². The van der Waals surface area contributed by atoms with Gasteiger partial charge in [0.25, 0.3) is 0 Å². The first-order valence-corrected chi connectivity index (χ1v) is 12.5. The van der Waals surface area contributed by atoms with E-state index in [0.717, 1.165) is 33.8 Å². The van der Waals surface area contributed by atoms with Gasteiger partial charge in [-0.1, -0.05) is 49.6 Å². The molecule has 0 radical (unpaired) electrons. The molecule has 1 fully saturated rings. The summed E-state index contributed by atoms with van der Waals surface area (Å²) < 4.78 is 35.3. The van der Waals surface area contributed by atoms with Gasteiger partial charge >= 0.3 is 16.2 Å². The summed E-state index contributed by atoms with van der Waals surface area (Å²) in [5.41, 5.74) is 2.69. The molecule has 0 aliphatic heterocycles. The van der Waals surface area contributed by atoms with Crippen LogP contribution in [0, 0.1) is 5.92 Å². The highest BCUT2D eigenvalue weighted by Crippen LogP contribution is 2.40. The number of benzene rings is 2. The number of aliphatic carboxylic acids is 1. The molecule has 0 bridgehead atoms. The molecule has 0 unspecified atom stereocenters. The zero-order chi connectivity index (χ0) is 23.1. The Balaban J connectivity index is 2.06. The van der Waals surface area contributed by atoms with E-state index in [2.05, 4.69) is 4.72 Å². The van der Waals surface area contributed by atoms with Crippen molar-refractivity contribution in [3.8, 4) is 16.9 Å². The highest BCUT2D eigenvalue weighted by atomic mass is 32.2. The Labute approximate surface area is 190 Å². The van der Waals surface area contributed by atoms with Crippen molar-refractivity contribution in [2.75, 3.05) is 25.4 Å². The number of carboxylic acid groups (broad SMARTS) is 1. The third-order valence-corrected chi connectivity index (χ3v) is 7.21. The van der Waals surface area contributed by atoms with Crippen LogP contribution in [0.25, 0.3) is 11.1 Å². The third-order valence-electron chi connectivity index (χ3n) is 5.77. The van der Waals surface area contributed by atoms with Crippen LogP contribution in [0.4, 0.5) is 5.69 Å². The minimum atomic E-state index is -3.78. The van der Waals surface area contributed by atoms with Crippen molar-refractivity contribution in [1.82, 2.24) is 4.31 Å². The van der Waals surface area contributed by atoms with Gasteiger partial charge in [0.1, 0.15) is 0 Å². The van der Waals surface area contributed by atoms with Crippen LogP contribution < -0.4 is 9.46 Å². The lowest BCUT2D eigenvalue weighted by Crippen LogP contribution is -2.29. The minimum Gasteiger partial charge on any atom is -0.490 e. The molecule has 3 rings (SSSR count). The molecule has 0 atom stereocenters. The van der Waals surface area contributed by atoms with Crippen molar-refractivity contribution >= 4 is 21.9 Å². The Bertz CT molecular complexity index is 1020. The maximum Gasteiger partial charge on any atom is 0.303 e. The third kappa shape index (κ3) is 6.46. The van der Waals surface area contributed by atoms with E-state index in [-0.39, 0.29) is 12.8 Å². The van der Waals surface area contributed by atoms with Crippen molar-refractivity contribution in [3.05, 3.63) is 48.0 Å². The molecule has 0 aromatic heterocycles. The summed E-state index contributed by atoms with van der Waals surface area (Å²) in [6.45, 7) is 0.519. The summed E-state index contributed by atoms with van der Waals surface area (Å²) >= 11 is 0. The predicted octanol–water partition coefficient (Wildman–Crippen LogP) is 4.55. The number of anilines is 1. The van der Waals surface area contributed by atoms with Crippen LogP contribution in [0.2, 0.25) is 0 Å². The zero-order valence-electron chi connectivity index (χ0n) is 18.7. The van der Waals surface area contributed by atoms with Crippen LogP contribution in [-0.2, 0) is 21.4 Å². The standard InChI is InChI=1S/C24H32N2O5S/c1-26(2)32(29,30)25-22-16-19(13-14-23(27)28)15-21(20-11-7-4-8-12-20)24(22)31-17-18-9-5-3-6-10-18/h4,7-8,11-12,15-16,18,25H,3,5-6,9-10,13-14,17H2,1-2H3,(H,27,28). The number of nitrogens with one attached hydrogen (secondary N) is 1. The number of nitrogens with zero attached hydrogens (tertiary/aromatic N) is 1. The topological polar surface area (TPSA) is 95.9 Å². The lowest BCUT2D eigenvalue weighted by atomic mass is 9.90. The molecule has 1 aliphatic rings. The summed E-state index contributed by atoms with van der Waals surface area (Å²) in [4.78, 5) is 11.1. The molecule has 8 heteroatoms. The summed E-state index contributed by atoms with van der Waals surface area (Å²) in [6, 6.07) is 13.2. The average Bonchev–Trinajstić information content (AvgIpc) is 2.77. The molecule has 1 saturated carbocycles. The van der Waals surface area contributed by atoms with Crippen molar-refractivity contribution in [2.45, 2.75) is 44.9 Å². The van der Waals surface area contributed by atoms with Gasteiger partial charge in [-0.15, -0.1) is 0 Å². The molecule has 2 aromatic carbocycles. The average molecular weight is 461 g/mol. The lowest BCUT2D eigenvalue weighted by molar-refractivity contribution is -0.136. The van der Waals surface area contributed by atoms with E-state index >= 15 is 0 Å². The number of aryl methyl sites for hydroxylation is 1. The van der Waals surface area contributed by atoms with Crippen molar-refractivity contribution in [3.63, 3.8) is 0 Å². The number of hydrogen-bond donors (Lipinski definition) is 2. The van der Waals surface area contributed by atoms with E-state index in [1.54, 1.807) is 6.07 Å². The first-order chi connectivity index (χ1) is 15.3. The van der Waals surface area contributed by atoms with Gasteiger partial charge < -0.3 is 9.84 Å². The summed E-state index contributed by atoms with van der Waals surface area (Å²) in [5, 5.41) is 9.13. The van der Waals surface area contributed by atoms with Crippen LogP contribution in [0.15, 0.2) is 42.5 Å². The van der Waals surface area contributed by atoms with Gasteiger partial charge in [-0.3, -0.25) is 9.52 Å². The van der Waals surface area contributed by atoms with Crippen molar-refractivity contribution < 1.29 is 23.1 Å². The SMILES string of the molecule is CN(C)S(=O)(=O)Nc1cc(CCC(=O)O)cc(-c2ccccc2)c1OCC1CCCCC1. The molecule has 0 heterocycles. The second-order valence-corrected chi connectivity index (χ2v) is 10.4. The Morgan fingerprint density at radius 3 is 2.44 bits per heavy atom. The van der Waals surface area contributed by atoms with Crippen LogP contribution in [0.1, 0.15) is 44.1 Å². The van der Waals surface area contributed by atoms with E-state index in [9.17, 15) is 13.2 Å². The largest absolute Gasteiger partial charge is 0.490 e. The van der Waals surface area contributed by atoms with Gasteiger partial charge in [0.2, 0.25) is 0 Å².